The van der Waals surface area contributed by atoms with Crippen molar-refractivity contribution in [2.24, 2.45) is 0 Å². The molecule has 1 N–H and O–H groups in total. The van der Waals surface area contributed by atoms with Crippen molar-refractivity contribution in [1.82, 2.24) is 14.7 Å². The summed E-state index contributed by atoms with van der Waals surface area (Å²) in [6, 6.07) is 4.67. The average Bonchev–Trinajstić information content (AvgIpc) is 3.04. The summed E-state index contributed by atoms with van der Waals surface area (Å²) in [5.41, 5.74) is 0.801. The molecule has 2 aromatic rings. The van der Waals surface area contributed by atoms with E-state index < -0.39 is 4.92 Å². The van der Waals surface area contributed by atoms with Crippen LogP contribution in [-0.4, -0.2) is 52.4 Å². The minimum Gasteiger partial charge on any atom is -0.364 e. The molecule has 1 aromatic heterocycles. The zero-order chi connectivity index (χ0) is 21.0. The van der Waals surface area contributed by atoms with Crippen LogP contribution in [0.5, 0.6) is 0 Å². The molecule has 1 fully saturated rings. The number of aryl methyl sites for hydroxylation is 1. The molecule has 2 heterocycles. The number of nitro groups is 1. The Morgan fingerprint density at radius 3 is 2.66 bits per heavy atom. The fourth-order valence-corrected chi connectivity index (χ4v) is 4.09. The fraction of sp³-hybridized carbons (Fsp3) is 0.526. The van der Waals surface area contributed by atoms with Gasteiger partial charge in [0.15, 0.2) is 0 Å². The minimum atomic E-state index is -0.414. The van der Waals surface area contributed by atoms with Gasteiger partial charge in [-0.2, -0.15) is 4.37 Å². The Morgan fingerprint density at radius 1 is 1.28 bits per heavy atom. The molecule has 1 amide bonds. The average molecular weight is 419 g/mol. The van der Waals surface area contributed by atoms with Gasteiger partial charge in [0.2, 0.25) is 5.13 Å². The summed E-state index contributed by atoms with van der Waals surface area (Å²) in [5.74, 6) is 0.539. The van der Waals surface area contributed by atoms with E-state index in [9.17, 15) is 14.9 Å². The molecule has 0 radical (unpaired) electrons. The maximum Gasteiger partial charge on any atom is 0.293 e. The smallest absolute Gasteiger partial charge is 0.293 e. The highest BCUT2D eigenvalue weighted by Gasteiger charge is 2.25. The van der Waals surface area contributed by atoms with Crippen molar-refractivity contribution in [3.63, 3.8) is 0 Å². The first-order valence-corrected chi connectivity index (χ1v) is 10.6. The number of nitro benzene ring substituents is 1. The van der Waals surface area contributed by atoms with Crippen LogP contribution in [0.4, 0.5) is 16.5 Å². The topological polar surface area (TPSA) is 105 Å². The number of nitrogens with one attached hydrogen (secondary N) is 1. The number of hydrogen-bond acceptors (Lipinski definition) is 8. The van der Waals surface area contributed by atoms with Crippen molar-refractivity contribution in [1.29, 1.82) is 0 Å². The van der Waals surface area contributed by atoms with Crippen molar-refractivity contribution < 1.29 is 9.72 Å². The molecule has 1 saturated heterocycles. The molecule has 9 nitrogen and oxygen atoms in total. The summed E-state index contributed by atoms with van der Waals surface area (Å²) in [5, 5.41) is 15.4. The lowest BCUT2D eigenvalue weighted by molar-refractivity contribution is -0.384. The van der Waals surface area contributed by atoms with E-state index in [1.165, 1.54) is 17.6 Å². The Morgan fingerprint density at radius 2 is 2.00 bits per heavy atom. The van der Waals surface area contributed by atoms with E-state index in [0.717, 1.165) is 30.3 Å². The molecule has 29 heavy (non-hydrogen) atoms. The van der Waals surface area contributed by atoms with Crippen LogP contribution in [-0.2, 0) is 6.42 Å². The maximum absolute atomic E-state index is 12.2. The highest BCUT2D eigenvalue weighted by atomic mass is 32.1. The molecule has 0 saturated carbocycles. The Balaban J connectivity index is 1.78. The van der Waals surface area contributed by atoms with Crippen LogP contribution in [0, 0.1) is 10.1 Å². The lowest BCUT2D eigenvalue weighted by Crippen LogP contribution is -2.31. The third-order valence-electron chi connectivity index (χ3n) is 4.73. The molecule has 1 aliphatic heterocycles. The van der Waals surface area contributed by atoms with Crippen LogP contribution in [0.1, 0.15) is 43.4 Å². The predicted octanol–water partition coefficient (Wildman–Crippen LogP) is 2.86. The van der Waals surface area contributed by atoms with Gasteiger partial charge in [-0.05, 0) is 32.4 Å². The van der Waals surface area contributed by atoms with E-state index in [1.54, 1.807) is 12.1 Å². The molecule has 0 spiro atoms. The first-order chi connectivity index (χ1) is 13.9. The van der Waals surface area contributed by atoms with Gasteiger partial charge in [0.1, 0.15) is 11.5 Å². The van der Waals surface area contributed by atoms with E-state index in [0.29, 0.717) is 30.9 Å². The van der Waals surface area contributed by atoms with Gasteiger partial charge in [-0.3, -0.25) is 14.9 Å². The first-order valence-electron chi connectivity index (χ1n) is 9.80. The first kappa shape index (κ1) is 21.0. The number of anilines is 2. The predicted molar refractivity (Wildman–Crippen MR) is 114 cm³/mol. The number of nitrogens with zero attached hydrogens (tertiary/aromatic N) is 5. The number of rotatable bonds is 6. The number of carbonyl (C=O) groups is 1. The third-order valence-corrected chi connectivity index (χ3v) is 5.55. The Kier molecular flexibility index (Phi) is 6.63. The highest BCUT2D eigenvalue weighted by molar-refractivity contribution is 7.09. The van der Waals surface area contributed by atoms with E-state index in [4.69, 9.17) is 0 Å². The second kappa shape index (κ2) is 9.17. The number of carbonyl (C=O) groups excluding carboxylic acids is 1. The molecule has 1 aromatic carbocycles. The summed E-state index contributed by atoms with van der Waals surface area (Å²) in [4.78, 5) is 32.3. The molecule has 1 aliphatic rings. The third kappa shape index (κ3) is 5.00. The number of aromatic nitrogens is 2. The van der Waals surface area contributed by atoms with Crippen molar-refractivity contribution in [2.45, 2.75) is 39.7 Å². The van der Waals surface area contributed by atoms with Crippen LogP contribution < -0.4 is 15.1 Å². The standard InChI is InChI=1S/C19H26N6O3S/c1-4-17-21-19(29-22-17)24-9-5-8-23(10-11-24)15-7-6-14(12-16(15)25(27)28)18(26)20-13(2)3/h6-7,12-13H,4-5,8-11H2,1-3H3,(H,20,26). The summed E-state index contributed by atoms with van der Waals surface area (Å²) < 4.78 is 4.35. The second-order valence-electron chi connectivity index (χ2n) is 7.26. The van der Waals surface area contributed by atoms with E-state index in [-0.39, 0.29) is 17.6 Å². The Hall–Kier alpha value is -2.75. The van der Waals surface area contributed by atoms with Gasteiger partial charge < -0.3 is 15.1 Å². The molecule has 0 bridgehead atoms. The molecule has 10 heteroatoms. The molecule has 3 rings (SSSR count). The van der Waals surface area contributed by atoms with Crippen LogP contribution >= 0.6 is 11.5 Å². The number of benzene rings is 1. The zero-order valence-electron chi connectivity index (χ0n) is 16.9. The Labute approximate surface area is 174 Å². The maximum atomic E-state index is 12.2. The van der Waals surface area contributed by atoms with Gasteiger partial charge in [0, 0.05) is 61.8 Å². The Bertz CT molecular complexity index is 885. The van der Waals surface area contributed by atoms with Crippen LogP contribution in [0.2, 0.25) is 0 Å². The van der Waals surface area contributed by atoms with Gasteiger partial charge in [-0.25, -0.2) is 4.98 Å². The summed E-state index contributed by atoms with van der Waals surface area (Å²) >= 11 is 1.40. The van der Waals surface area contributed by atoms with E-state index in [1.807, 2.05) is 25.7 Å². The van der Waals surface area contributed by atoms with Crippen LogP contribution in [0.15, 0.2) is 18.2 Å². The van der Waals surface area contributed by atoms with Gasteiger partial charge in [-0.1, -0.05) is 6.92 Å². The molecule has 156 valence electrons. The van der Waals surface area contributed by atoms with E-state index >= 15 is 0 Å². The summed E-state index contributed by atoms with van der Waals surface area (Å²) in [6.07, 6.45) is 1.66. The second-order valence-corrected chi connectivity index (χ2v) is 7.99. The summed E-state index contributed by atoms with van der Waals surface area (Å²) in [7, 11) is 0. The monoisotopic (exact) mass is 418 g/mol. The van der Waals surface area contributed by atoms with Gasteiger partial charge in [0.25, 0.3) is 11.6 Å². The number of hydrogen-bond donors (Lipinski definition) is 1. The van der Waals surface area contributed by atoms with Gasteiger partial charge in [-0.15, -0.1) is 0 Å². The molecule has 0 aliphatic carbocycles. The van der Waals surface area contributed by atoms with Crippen molar-refractivity contribution in [3.05, 3.63) is 39.7 Å². The highest BCUT2D eigenvalue weighted by Crippen LogP contribution is 2.31. The van der Waals surface area contributed by atoms with E-state index in [2.05, 4.69) is 19.6 Å². The largest absolute Gasteiger partial charge is 0.364 e. The number of amides is 1. The molecular formula is C19H26N6O3S. The van der Waals surface area contributed by atoms with Gasteiger partial charge >= 0.3 is 0 Å². The van der Waals surface area contributed by atoms with Crippen molar-refractivity contribution in [2.75, 3.05) is 36.0 Å². The van der Waals surface area contributed by atoms with Crippen LogP contribution in [0.3, 0.4) is 0 Å². The minimum absolute atomic E-state index is 0.0357. The van der Waals surface area contributed by atoms with Crippen molar-refractivity contribution in [3.8, 4) is 0 Å². The normalized spacial score (nSPS) is 14.8. The molecule has 0 unspecified atom stereocenters. The quantitative estimate of drug-likeness (QED) is 0.568. The lowest BCUT2D eigenvalue weighted by Gasteiger charge is -2.23. The van der Waals surface area contributed by atoms with Gasteiger partial charge in [0.05, 0.1) is 4.92 Å². The lowest BCUT2D eigenvalue weighted by atomic mass is 10.1. The molecular weight excluding hydrogens is 392 g/mol. The van der Waals surface area contributed by atoms with Crippen molar-refractivity contribution >= 4 is 33.9 Å². The summed E-state index contributed by atoms with van der Waals surface area (Å²) in [6.45, 7) is 8.62. The zero-order valence-corrected chi connectivity index (χ0v) is 17.7. The van der Waals surface area contributed by atoms with Crippen LogP contribution in [0.25, 0.3) is 0 Å². The SMILES string of the molecule is CCc1nsc(N2CCCN(c3ccc(C(=O)NC(C)C)cc3[N+](=O)[O-])CC2)n1. The molecule has 0 atom stereocenters. The fourth-order valence-electron chi connectivity index (χ4n) is 3.29.